The molecule has 0 unspecified atom stereocenters. The number of hydrazone groups is 1. The van der Waals surface area contributed by atoms with Crippen molar-refractivity contribution in [1.29, 1.82) is 0 Å². The van der Waals surface area contributed by atoms with Crippen LogP contribution in [-0.4, -0.2) is 15.7 Å². The molecule has 12 heavy (non-hydrogen) atoms. The van der Waals surface area contributed by atoms with E-state index >= 15 is 0 Å². The van der Waals surface area contributed by atoms with Crippen LogP contribution in [0.2, 0.25) is 0 Å². The van der Waals surface area contributed by atoms with Gasteiger partial charge in [-0.25, -0.2) is 4.37 Å². The van der Waals surface area contributed by atoms with Crippen LogP contribution in [0.15, 0.2) is 11.3 Å². The first-order chi connectivity index (χ1) is 5.70. The van der Waals surface area contributed by atoms with Gasteiger partial charge in [-0.3, -0.25) is 5.43 Å². The van der Waals surface area contributed by atoms with E-state index < -0.39 is 0 Å². The largest absolute Gasteiger partial charge is 0.375 e. The number of nitrogens with two attached hydrogens (primary N) is 1. The van der Waals surface area contributed by atoms with Gasteiger partial charge >= 0.3 is 0 Å². The lowest BCUT2D eigenvalue weighted by Crippen LogP contribution is -2.23. The zero-order chi connectivity index (χ0) is 8.97. The highest BCUT2D eigenvalue weighted by atomic mass is 32.1. The summed E-state index contributed by atoms with van der Waals surface area (Å²) in [5.41, 5.74) is 8.72. The Bertz CT molecular complexity index is 304. The maximum absolute atomic E-state index is 5.16. The third-order valence-corrected chi connectivity index (χ3v) is 2.07. The molecule has 0 aliphatic rings. The summed E-state index contributed by atoms with van der Waals surface area (Å²) in [5.74, 6) is 0. The lowest BCUT2D eigenvalue weighted by molar-refractivity contribution is 1.04. The fourth-order valence-electron chi connectivity index (χ4n) is 0.578. The van der Waals surface area contributed by atoms with Crippen LogP contribution in [0.3, 0.4) is 0 Å². The minimum absolute atomic E-state index is 0.161. The first kappa shape index (κ1) is 9.08. The van der Waals surface area contributed by atoms with E-state index in [1.54, 1.807) is 12.4 Å². The van der Waals surface area contributed by atoms with Gasteiger partial charge in [-0.1, -0.05) is 0 Å². The van der Waals surface area contributed by atoms with Gasteiger partial charge in [0, 0.05) is 6.20 Å². The number of rotatable bonds is 2. The van der Waals surface area contributed by atoms with Gasteiger partial charge in [-0.15, -0.1) is 0 Å². The number of nitrogens with one attached hydrogen (secondary N) is 1. The third-order valence-electron chi connectivity index (χ3n) is 1.14. The molecule has 0 amide bonds. The summed E-state index contributed by atoms with van der Waals surface area (Å²) in [5, 5.41) is 3.96. The highest BCUT2D eigenvalue weighted by molar-refractivity contribution is 7.80. The van der Waals surface area contributed by atoms with Gasteiger partial charge in [-0.05, 0) is 36.2 Å². The minimum atomic E-state index is 0.161. The number of aromatic nitrogens is 1. The number of hydrogen-bond acceptors (Lipinski definition) is 4. The molecule has 4 nitrogen and oxygen atoms in total. The van der Waals surface area contributed by atoms with E-state index in [-0.39, 0.29) is 5.11 Å². The fourth-order valence-corrected chi connectivity index (χ4v) is 1.25. The van der Waals surface area contributed by atoms with Gasteiger partial charge in [0.05, 0.1) is 11.1 Å². The Morgan fingerprint density at radius 2 is 2.67 bits per heavy atom. The van der Waals surface area contributed by atoms with Crippen molar-refractivity contribution in [2.75, 3.05) is 0 Å². The molecule has 1 heterocycles. The van der Waals surface area contributed by atoms with Gasteiger partial charge in [0.1, 0.15) is 0 Å². The lowest BCUT2D eigenvalue weighted by Gasteiger charge is -1.92. The summed E-state index contributed by atoms with van der Waals surface area (Å²) >= 11 is 5.94. The van der Waals surface area contributed by atoms with E-state index in [1.807, 2.05) is 6.92 Å². The van der Waals surface area contributed by atoms with E-state index in [0.717, 1.165) is 10.4 Å². The molecule has 0 radical (unpaired) electrons. The van der Waals surface area contributed by atoms with Crippen molar-refractivity contribution in [2.24, 2.45) is 10.8 Å². The van der Waals surface area contributed by atoms with Crippen LogP contribution >= 0.6 is 23.8 Å². The molecule has 1 rings (SSSR count). The highest BCUT2D eigenvalue weighted by Gasteiger charge is 1.95. The quantitative estimate of drug-likeness (QED) is 0.417. The smallest absolute Gasteiger partial charge is 0.184 e. The molecule has 0 aliphatic heterocycles. The van der Waals surface area contributed by atoms with Gasteiger partial charge < -0.3 is 5.73 Å². The minimum Gasteiger partial charge on any atom is -0.375 e. The molecule has 0 fully saturated rings. The van der Waals surface area contributed by atoms with Crippen LogP contribution in [-0.2, 0) is 0 Å². The molecule has 0 atom stereocenters. The summed E-state index contributed by atoms with van der Waals surface area (Å²) in [4.78, 5) is 0.999. The molecule has 0 aromatic carbocycles. The molecular weight excluding hydrogens is 192 g/mol. The Morgan fingerprint density at radius 3 is 3.17 bits per heavy atom. The van der Waals surface area contributed by atoms with Crippen molar-refractivity contribution in [3.8, 4) is 0 Å². The molecule has 64 valence electrons. The lowest BCUT2D eigenvalue weighted by atomic mass is 10.3. The predicted molar refractivity (Wildman–Crippen MR) is 54.4 cm³/mol. The second kappa shape index (κ2) is 4.13. The van der Waals surface area contributed by atoms with Crippen molar-refractivity contribution in [2.45, 2.75) is 6.92 Å². The average Bonchev–Trinajstić information content (AvgIpc) is 2.36. The molecule has 6 heteroatoms. The highest BCUT2D eigenvalue weighted by Crippen LogP contribution is 2.07. The normalized spacial score (nSPS) is 10.4. The monoisotopic (exact) mass is 200 g/mol. The van der Waals surface area contributed by atoms with Crippen LogP contribution in [0, 0.1) is 6.92 Å². The number of thiocarbonyl (C=S) groups is 1. The SMILES string of the molecule is Cc1cnsc1/C=N/NC(N)=S. The van der Waals surface area contributed by atoms with E-state index in [4.69, 9.17) is 5.73 Å². The van der Waals surface area contributed by atoms with Crippen molar-refractivity contribution >= 4 is 35.1 Å². The Kier molecular flexibility index (Phi) is 3.12. The van der Waals surface area contributed by atoms with Crippen molar-refractivity contribution in [1.82, 2.24) is 9.80 Å². The molecule has 0 saturated heterocycles. The summed E-state index contributed by atoms with van der Waals surface area (Å²) in [6, 6.07) is 0. The second-order valence-electron chi connectivity index (χ2n) is 2.11. The Balaban J connectivity index is 2.57. The van der Waals surface area contributed by atoms with Gasteiger partial charge in [0.25, 0.3) is 0 Å². The van der Waals surface area contributed by atoms with Crippen LogP contribution in [0.5, 0.6) is 0 Å². The molecule has 0 bridgehead atoms. The van der Waals surface area contributed by atoms with Crippen molar-refractivity contribution < 1.29 is 0 Å². The van der Waals surface area contributed by atoms with Gasteiger partial charge in [0.15, 0.2) is 5.11 Å². The van der Waals surface area contributed by atoms with E-state index in [0.29, 0.717) is 0 Å². The van der Waals surface area contributed by atoms with E-state index in [9.17, 15) is 0 Å². The Labute approximate surface area is 79.6 Å². The maximum Gasteiger partial charge on any atom is 0.184 e. The van der Waals surface area contributed by atoms with Crippen LogP contribution in [0.1, 0.15) is 10.4 Å². The average molecular weight is 200 g/mol. The van der Waals surface area contributed by atoms with Gasteiger partial charge in [-0.2, -0.15) is 5.10 Å². The summed E-state index contributed by atoms with van der Waals surface area (Å²) in [6.07, 6.45) is 3.43. The van der Waals surface area contributed by atoms with Crippen molar-refractivity contribution in [3.63, 3.8) is 0 Å². The first-order valence-corrected chi connectivity index (χ1v) is 4.38. The molecule has 0 spiro atoms. The maximum atomic E-state index is 5.16. The van der Waals surface area contributed by atoms with Crippen LogP contribution in [0.4, 0.5) is 0 Å². The Morgan fingerprint density at radius 1 is 1.92 bits per heavy atom. The second-order valence-corrected chi connectivity index (χ2v) is 3.38. The molecule has 1 aromatic rings. The third kappa shape index (κ3) is 2.55. The predicted octanol–water partition coefficient (Wildman–Crippen LogP) is 0.619. The Hall–Kier alpha value is -1.01. The van der Waals surface area contributed by atoms with Crippen LogP contribution in [0.25, 0.3) is 0 Å². The molecule has 0 saturated carbocycles. The number of hydrogen-bond donors (Lipinski definition) is 2. The molecule has 1 aromatic heterocycles. The zero-order valence-electron chi connectivity index (χ0n) is 6.44. The van der Waals surface area contributed by atoms with E-state index in [1.165, 1.54) is 11.5 Å². The fraction of sp³-hybridized carbons (Fsp3) is 0.167. The topological polar surface area (TPSA) is 63.3 Å². The summed E-state index contributed by atoms with van der Waals surface area (Å²) in [7, 11) is 0. The molecule has 0 aliphatic carbocycles. The van der Waals surface area contributed by atoms with Crippen molar-refractivity contribution in [3.05, 3.63) is 16.6 Å². The first-order valence-electron chi connectivity index (χ1n) is 3.20. The zero-order valence-corrected chi connectivity index (χ0v) is 8.08. The standard InChI is InChI=1S/C6H8N4S2/c1-4-2-9-12-5(4)3-8-10-6(7)11/h2-3H,1H3,(H3,7,10,11)/b8-3+. The molecular formula is C6H8N4S2. The summed E-state index contributed by atoms with van der Waals surface area (Å²) < 4.78 is 3.98. The van der Waals surface area contributed by atoms with Gasteiger partial charge in [0.2, 0.25) is 0 Å². The summed E-state index contributed by atoms with van der Waals surface area (Å²) in [6.45, 7) is 1.96. The number of nitrogens with zero attached hydrogens (tertiary/aromatic N) is 2. The molecule has 3 N–H and O–H groups in total. The number of aryl methyl sites for hydroxylation is 1. The van der Waals surface area contributed by atoms with E-state index in [2.05, 4.69) is 27.1 Å². The van der Waals surface area contributed by atoms with Crippen LogP contribution < -0.4 is 11.2 Å².